The predicted molar refractivity (Wildman–Crippen MR) is 127 cm³/mol. The highest BCUT2D eigenvalue weighted by atomic mass is 32.2. The molecule has 2 heterocycles. The smallest absolute Gasteiger partial charge is 0.238 e. The molecule has 4 aromatic rings. The molecule has 1 atom stereocenters. The highest BCUT2D eigenvalue weighted by molar-refractivity contribution is 7.89. The van der Waals surface area contributed by atoms with E-state index < -0.39 is 16.1 Å². The Labute approximate surface area is 190 Å². The molecule has 2 aromatic heterocycles. The van der Waals surface area contributed by atoms with Gasteiger partial charge in [-0.25, -0.2) is 23.5 Å². The van der Waals surface area contributed by atoms with Gasteiger partial charge in [-0.3, -0.25) is 0 Å². The lowest BCUT2D eigenvalue weighted by Crippen LogP contribution is -2.17. The lowest BCUT2D eigenvalue weighted by atomic mass is 9.98. The van der Waals surface area contributed by atoms with Crippen molar-refractivity contribution in [1.82, 2.24) is 9.97 Å². The molecule has 0 saturated heterocycles. The molecule has 0 aliphatic heterocycles. The number of sulfonamides is 1. The van der Waals surface area contributed by atoms with Crippen molar-refractivity contribution >= 4 is 37.5 Å². The summed E-state index contributed by atoms with van der Waals surface area (Å²) in [5.41, 5.74) is 9.98. The van der Waals surface area contributed by atoms with Crippen molar-refractivity contribution in [2.24, 2.45) is 10.9 Å². The molecular weight excluding hydrogens is 446 g/mol. The number of hydrogen-bond acceptors (Lipinski definition) is 8. The summed E-state index contributed by atoms with van der Waals surface area (Å²) in [6.45, 7) is 0.589. The Hall–Kier alpha value is -2.89. The number of aliphatic hydroxyl groups is 1. The van der Waals surface area contributed by atoms with Crippen molar-refractivity contribution in [3.05, 3.63) is 71.2 Å². The van der Waals surface area contributed by atoms with Crippen LogP contribution in [0.3, 0.4) is 0 Å². The highest BCUT2D eigenvalue weighted by Gasteiger charge is 2.21. The first-order chi connectivity index (χ1) is 15.4. The van der Waals surface area contributed by atoms with Crippen LogP contribution in [-0.4, -0.2) is 36.6 Å². The first kappa shape index (κ1) is 22.3. The van der Waals surface area contributed by atoms with E-state index in [1.54, 1.807) is 12.1 Å². The van der Waals surface area contributed by atoms with Crippen molar-refractivity contribution < 1.29 is 13.5 Å². The molecule has 166 valence electrons. The number of nitrogens with two attached hydrogens (primary N) is 2. The zero-order valence-corrected chi connectivity index (χ0v) is 18.7. The van der Waals surface area contributed by atoms with Crippen molar-refractivity contribution in [2.75, 3.05) is 18.5 Å². The molecule has 0 bridgehead atoms. The third-order valence-electron chi connectivity index (χ3n) is 5.03. The second-order valence-corrected chi connectivity index (χ2v) is 9.64. The van der Waals surface area contributed by atoms with E-state index in [1.807, 2.05) is 35.7 Å². The largest absolute Gasteiger partial charge is 0.396 e. The topological polar surface area (TPSA) is 144 Å². The van der Waals surface area contributed by atoms with E-state index in [9.17, 15) is 8.42 Å². The molecule has 0 aliphatic carbocycles. The van der Waals surface area contributed by atoms with Gasteiger partial charge in [0.15, 0.2) is 0 Å². The minimum Gasteiger partial charge on any atom is -0.396 e. The van der Waals surface area contributed by atoms with Gasteiger partial charge < -0.3 is 16.2 Å². The molecule has 4 rings (SSSR count). The third kappa shape index (κ3) is 4.64. The van der Waals surface area contributed by atoms with E-state index in [0.717, 1.165) is 21.3 Å². The van der Waals surface area contributed by atoms with Gasteiger partial charge in [-0.05, 0) is 29.7 Å². The molecule has 0 saturated carbocycles. The van der Waals surface area contributed by atoms with E-state index in [4.69, 9.17) is 21.0 Å². The average Bonchev–Trinajstić information content (AvgIpc) is 3.22. The summed E-state index contributed by atoms with van der Waals surface area (Å²) in [5.74, 6) is 0.430. The van der Waals surface area contributed by atoms with Crippen molar-refractivity contribution in [2.45, 2.75) is 17.4 Å². The van der Waals surface area contributed by atoms with Crippen molar-refractivity contribution in [3.8, 4) is 11.1 Å². The van der Waals surface area contributed by atoms with Gasteiger partial charge in [0.25, 0.3) is 0 Å². The van der Waals surface area contributed by atoms with Crippen LogP contribution in [0.4, 0.5) is 5.95 Å². The molecule has 1 unspecified atom stereocenters. The number of thiophene rings is 1. The number of rotatable bonds is 8. The Morgan fingerprint density at radius 2 is 1.78 bits per heavy atom. The van der Waals surface area contributed by atoms with Crippen LogP contribution in [0, 0.1) is 0 Å². The highest BCUT2D eigenvalue weighted by Crippen LogP contribution is 2.38. The quantitative estimate of drug-likeness (QED) is 0.290. The first-order valence-electron chi connectivity index (χ1n) is 9.96. The maximum Gasteiger partial charge on any atom is 0.238 e. The van der Waals surface area contributed by atoms with Crippen molar-refractivity contribution in [1.29, 1.82) is 0 Å². The third-order valence-corrected chi connectivity index (χ3v) is 6.83. The van der Waals surface area contributed by atoms with E-state index in [1.165, 1.54) is 23.5 Å². The maximum atomic E-state index is 11.6. The lowest BCUT2D eigenvalue weighted by Gasteiger charge is -2.16. The number of benzene rings is 2. The van der Waals surface area contributed by atoms with Gasteiger partial charge in [-0.1, -0.05) is 42.5 Å². The molecule has 10 heteroatoms. The SMILES string of the molecule is NC(c1ccc(S(N)(=O)=O)cc1)c1nc(NCCCO)nc2scc(-c3ccccc3)c12. The number of aromatic nitrogens is 2. The normalized spacial score (nSPS) is 12.7. The zero-order valence-electron chi connectivity index (χ0n) is 17.1. The van der Waals surface area contributed by atoms with Crippen LogP contribution in [0.2, 0.25) is 0 Å². The van der Waals surface area contributed by atoms with Crippen LogP contribution in [0.15, 0.2) is 64.9 Å². The van der Waals surface area contributed by atoms with Crippen LogP contribution < -0.4 is 16.2 Å². The standard InChI is InChI=1S/C22H23N5O3S2/c23-19(15-7-9-16(10-8-15)32(24,29)30)20-18-17(14-5-2-1-3-6-14)13-31-21(18)27-22(26-20)25-11-4-12-28/h1-3,5-10,13,19,28H,4,11-12,23H2,(H2,24,29,30)(H,25,26,27). The van der Waals surface area contributed by atoms with Gasteiger partial charge in [0.05, 0.1) is 16.6 Å². The fourth-order valence-electron chi connectivity index (χ4n) is 3.40. The van der Waals surface area contributed by atoms with Crippen LogP contribution in [0.5, 0.6) is 0 Å². The molecular formula is C22H23N5O3S2. The zero-order chi connectivity index (χ0) is 22.7. The monoisotopic (exact) mass is 469 g/mol. The molecule has 6 N–H and O–H groups in total. The maximum absolute atomic E-state index is 11.6. The Balaban J connectivity index is 1.83. The van der Waals surface area contributed by atoms with Crippen LogP contribution in [0.1, 0.15) is 23.7 Å². The number of aliphatic hydroxyl groups excluding tert-OH is 1. The van der Waals surface area contributed by atoms with Crippen molar-refractivity contribution in [3.63, 3.8) is 0 Å². The van der Waals surface area contributed by atoms with Gasteiger partial charge in [0.2, 0.25) is 16.0 Å². The Morgan fingerprint density at radius 1 is 1.06 bits per heavy atom. The number of nitrogens with one attached hydrogen (secondary N) is 1. The molecule has 2 aromatic carbocycles. The average molecular weight is 470 g/mol. The second-order valence-electron chi connectivity index (χ2n) is 7.22. The number of hydrogen-bond donors (Lipinski definition) is 4. The lowest BCUT2D eigenvalue weighted by molar-refractivity contribution is 0.292. The van der Waals surface area contributed by atoms with E-state index >= 15 is 0 Å². The number of fused-ring (bicyclic) bond motifs is 1. The summed E-state index contributed by atoms with van der Waals surface area (Å²) >= 11 is 1.50. The molecule has 8 nitrogen and oxygen atoms in total. The molecule has 0 radical (unpaired) electrons. The van der Waals surface area contributed by atoms with Crippen LogP contribution in [-0.2, 0) is 10.0 Å². The Morgan fingerprint density at radius 3 is 2.44 bits per heavy atom. The van der Waals surface area contributed by atoms with Crippen LogP contribution in [0.25, 0.3) is 21.3 Å². The summed E-state index contributed by atoms with van der Waals surface area (Å²) in [7, 11) is -3.79. The molecule has 0 spiro atoms. The molecule has 32 heavy (non-hydrogen) atoms. The van der Waals surface area contributed by atoms with Gasteiger partial charge in [0, 0.05) is 29.5 Å². The summed E-state index contributed by atoms with van der Waals surface area (Å²) in [4.78, 5) is 10.2. The van der Waals surface area contributed by atoms with Gasteiger partial charge >= 0.3 is 0 Å². The van der Waals surface area contributed by atoms with Gasteiger partial charge in [-0.15, -0.1) is 11.3 Å². The Kier molecular flexibility index (Phi) is 6.49. The first-order valence-corrected chi connectivity index (χ1v) is 12.4. The summed E-state index contributed by atoms with van der Waals surface area (Å²) in [6, 6.07) is 15.5. The summed E-state index contributed by atoms with van der Waals surface area (Å²) in [6.07, 6.45) is 0.567. The van der Waals surface area contributed by atoms with E-state index in [0.29, 0.717) is 30.2 Å². The minimum absolute atomic E-state index is 0.0214. The summed E-state index contributed by atoms with van der Waals surface area (Å²) in [5, 5.41) is 20.3. The van der Waals surface area contributed by atoms with E-state index in [2.05, 4.69) is 10.3 Å². The number of nitrogens with zero attached hydrogens (tertiary/aromatic N) is 2. The minimum atomic E-state index is -3.79. The fourth-order valence-corrected chi connectivity index (χ4v) is 4.88. The van der Waals surface area contributed by atoms with Gasteiger partial charge in [0.1, 0.15) is 4.83 Å². The predicted octanol–water partition coefficient (Wildman–Crippen LogP) is 2.85. The number of anilines is 1. The van der Waals surface area contributed by atoms with E-state index in [-0.39, 0.29) is 11.5 Å². The molecule has 0 aliphatic rings. The molecule has 0 amide bonds. The fraction of sp³-hybridized carbons (Fsp3) is 0.182. The van der Waals surface area contributed by atoms with Crippen LogP contribution >= 0.6 is 11.3 Å². The number of primary sulfonamides is 1. The second kappa shape index (κ2) is 9.31. The van der Waals surface area contributed by atoms with Gasteiger partial charge in [-0.2, -0.15) is 0 Å². The molecule has 0 fully saturated rings. The Bertz CT molecular complexity index is 1320. The summed E-state index contributed by atoms with van der Waals surface area (Å²) < 4.78 is 23.2.